The first kappa shape index (κ1) is 36.8. The summed E-state index contributed by atoms with van der Waals surface area (Å²) in [5, 5.41) is 15.3. The highest BCUT2D eigenvalue weighted by Crippen LogP contribution is 2.28. The lowest BCUT2D eigenvalue weighted by Crippen LogP contribution is -2.56. The Morgan fingerprint density at radius 2 is 1.49 bits per heavy atom. The molecular weight excluding hydrogens is 572 g/mol. The maximum Gasteiger partial charge on any atom is 0.408 e. The number of hydrogen-bond acceptors (Lipinski definition) is 7. The molecule has 3 amide bonds. The van der Waals surface area contributed by atoms with E-state index in [1.54, 1.807) is 61.5 Å². The van der Waals surface area contributed by atoms with Crippen LogP contribution in [0.5, 0.6) is 0 Å². The fourth-order valence-corrected chi connectivity index (χ4v) is 4.75. The van der Waals surface area contributed by atoms with Gasteiger partial charge in [-0.15, -0.1) is 0 Å². The summed E-state index contributed by atoms with van der Waals surface area (Å²) in [7, 11) is 0. The first-order chi connectivity index (χ1) is 20.8. The van der Waals surface area contributed by atoms with Crippen molar-refractivity contribution in [1.29, 1.82) is 5.26 Å². The van der Waals surface area contributed by atoms with Crippen molar-refractivity contribution in [2.24, 2.45) is 5.92 Å². The van der Waals surface area contributed by atoms with E-state index in [2.05, 4.69) is 10.6 Å². The lowest BCUT2D eigenvalue weighted by atomic mass is 9.94. The lowest BCUT2D eigenvalue weighted by molar-refractivity contribution is -0.159. The number of esters is 1. The molecule has 10 heteroatoms. The highest BCUT2D eigenvalue weighted by atomic mass is 16.6. The quantitative estimate of drug-likeness (QED) is 0.256. The average Bonchev–Trinajstić information content (AvgIpc) is 2.90. The van der Waals surface area contributed by atoms with Crippen LogP contribution in [-0.4, -0.2) is 58.6 Å². The van der Waals surface area contributed by atoms with Crippen molar-refractivity contribution in [3.8, 4) is 6.07 Å². The van der Waals surface area contributed by atoms with Crippen LogP contribution < -0.4 is 10.6 Å². The minimum atomic E-state index is -1.31. The van der Waals surface area contributed by atoms with Gasteiger partial charge in [0.15, 0.2) is 0 Å². The third-order valence-electron chi connectivity index (χ3n) is 6.70. The number of rotatable bonds is 11. The van der Waals surface area contributed by atoms with Crippen molar-refractivity contribution in [3.05, 3.63) is 70.8 Å². The number of carbonyl (C=O) groups is 4. The maximum atomic E-state index is 14.3. The number of alkyl carbamates (subject to hydrolysis) is 1. The fourth-order valence-electron chi connectivity index (χ4n) is 4.75. The number of nitrogens with zero attached hydrogens (tertiary/aromatic N) is 2. The smallest absolute Gasteiger partial charge is 0.408 e. The van der Waals surface area contributed by atoms with Gasteiger partial charge in [0.25, 0.3) is 0 Å². The summed E-state index contributed by atoms with van der Waals surface area (Å²) in [6, 6.07) is 13.1. The van der Waals surface area contributed by atoms with Crippen LogP contribution in [0.3, 0.4) is 0 Å². The average molecular weight is 621 g/mol. The van der Waals surface area contributed by atoms with Gasteiger partial charge >= 0.3 is 12.1 Å². The Morgan fingerprint density at radius 3 is 2.00 bits per heavy atom. The van der Waals surface area contributed by atoms with Gasteiger partial charge in [0.2, 0.25) is 11.8 Å². The summed E-state index contributed by atoms with van der Waals surface area (Å²) >= 11 is 0. The molecule has 2 rings (SSSR count). The summed E-state index contributed by atoms with van der Waals surface area (Å²) in [4.78, 5) is 55.8. The minimum absolute atomic E-state index is 0.141. The largest absolute Gasteiger partial charge is 0.458 e. The van der Waals surface area contributed by atoms with Crippen LogP contribution in [0.2, 0.25) is 0 Å². The van der Waals surface area contributed by atoms with E-state index >= 15 is 0 Å². The van der Waals surface area contributed by atoms with Crippen molar-refractivity contribution in [2.75, 3.05) is 6.54 Å². The van der Waals surface area contributed by atoms with Gasteiger partial charge in [0, 0.05) is 6.42 Å². The second-order valence-corrected chi connectivity index (χ2v) is 13.5. The Bertz CT molecular complexity index is 1390. The van der Waals surface area contributed by atoms with Crippen molar-refractivity contribution in [1.82, 2.24) is 15.5 Å². The van der Waals surface area contributed by atoms with E-state index < -0.39 is 65.7 Å². The molecule has 45 heavy (non-hydrogen) atoms. The molecule has 0 saturated heterocycles. The van der Waals surface area contributed by atoms with Crippen LogP contribution in [0.4, 0.5) is 4.79 Å². The van der Waals surface area contributed by atoms with Crippen LogP contribution in [-0.2, 0) is 30.3 Å². The van der Waals surface area contributed by atoms with Crippen molar-refractivity contribution < 1.29 is 28.7 Å². The van der Waals surface area contributed by atoms with Gasteiger partial charge < -0.3 is 25.0 Å². The molecule has 0 heterocycles. The number of ether oxygens (including phenoxy) is 2. The van der Waals surface area contributed by atoms with E-state index in [4.69, 9.17) is 9.47 Å². The van der Waals surface area contributed by atoms with Gasteiger partial charge in [-0.25, -0.2) is 9.59 Å². The molecule has 0 saturated carbocycles. The molecule has 2 aromatic rings. The Labute approximate surface area is 267 Å². The minimum Gasteiger partial charge on any atom is -0.458 e. The SMILES string of the molecule is Cc1ccc(C(C(=O)NC(Cc2ccccc2)C(=O)OC(C)(C)C)N(CC#N)C(=O)C(NC(=O)OC(C)(C)C)C(C)C)c(C)c1. The Hall–Kier alpha value is -4.39. The molecule has 3 atom stereocenters. The number of nitrogens with one attached hydrogen (secondary N) is 2. The van der Waals surface area contributed by atoms with Crippen molar-refractivity contribution >= 4 is 23.9 Å². The highest BCUT2D eigenvalue weighted by Gasteiger charge is 2.39. The van der Waals surface area contributed by atoms with Crippen LogP contribution in [0.25, 0.3) is 0 Å². The number of hydrogen-bond donors (Lipinski definition) is 2. The molecule has 0 radical (unpaired) electrons. The normalized spacial score (nSPS) is 13.6. The summed E-state index contributed by atoms with van der Waals surface area (Å²) in [6.07, 6.45) is -0.658. The second-order valence-electron chi connectivity index (χ2n) is 13.5. The molecule has 2 N–H and O–H groups in total. The number of aryl methyl sites for hydroxylation is 2. The predicted octanol–water partition coefficient (Wildman–Crippen LogP) is 5.32. The molecular formula is C35H48N4O6. The molecule has 244 valence electrons. The monoisotopic (exact) mass is 620 g/mol. The zero-order chi connectivity index (χ0) is 34.1. The Morgan fingerprint density at radius 1 is 0.889 bits per heavy atom. The molecule has 0 aromatic heterocycles. The molecule has 10 nitrogen and oxygen atoms in total. The zero-order valence-electron chi connectivity index (χ0n) is 28.2. The number of carbonyl (C=O) groups excluding carboxylic acids is 4. The van der Waals surface area contributed by atoms with E-state index in [1.165, 1.54) is 0 Å². The Kier molecular flexibility index (Phi) is 12.7. The molecule has 0 spiro atoms. The van der Waals surface area contributed by atoms with Gasteiger partial charge in [-0.2, -0.15) is 5.26 Å². The van der Waals surface area contributed by atoms with Crippen LogP contribution >= 0.6 is 0 Å². The predicted molar refractivity (Wildman–Crippen MR) is 172 cm³/mol. The molecule has 3 unspecified atom stereocenters. The summed E-state index contributed by atoms with van der Waals surface area (Å²) in [5.41, 5.74) is 1.30. The zero-order valence-corrected chi connectivity index (χ0v) is 28.2. The highest BCUT2D eigenvalue weighted by molar-refractivity contribution is 5.94. The van der Waals surface area contributed by atoms with Gasteiger partial charge in [-0.3, -0.25) is 9.59 Å². The topological polar surface area (TPSA) is 138 Å². The lowest BCUT2D eigenvalue weighted by Gasteiger charge is -2.35. The van der Waals surface area contributed by atoms with Gasteiger partial charge in [0.05, 0.1) is 6.07 Å². The third-order valence-corrected chi connectivity index (χ3v) is 6.70. The van der Waals surface area contributed by atoms with E-state index in [1.807, 2.05) is 62.4 Å². The standard InChI is InChI=1S/C35H48N4O6/c1-22(2)28(38-33(43)45-35(8,9)10)31(41)39(19-18-36)29(26-17-16-23(3)20-24(26)4)30(40)37-27(32(42)44-34(5,6)7)21-25-14-12-11-13-15-25/h11-17,20,22,27-29H,19,21H2,1-10H3,(H,37,40)(H,38,43). The van der Waals surface area contributed by atoms with Gasteiger partial charge in [-0.05, 0) is 78.0 Å². The van der Waals surface area contributed by atoms with Crippen molar-refractivity contribution in [3.63, 3.8) is 0 Å². The molecule has 0 aliphatic heterocycles. The fraction of sp³-hybridized carbons (Fsp3) is 0.514. The van der Waals surface area contributed by atoms with Crippen molar-refractivity contribution in [2.45, 2.75) is 105 Å². The van der Waals surface area contributed by atoms with Gasteiger partial charge in [-0.1, -0.05) is 67.9 Å². The van der Waals surface area contributed by atoms with Gasteiger partial charge in [0.1, 0.15) is 35.9 Å². The number of benzene rings is 2. The van der Waals surface area contributed by atoms with E-state index in [0.29, 0.717) is 11.1 Å². The van der Waals surface area contributed by atoms with E-state index in [0.717, 1.165) is 16.0 Å². The summed E-state index contributed by atoms with van der Waals surface area (Å²) < 4.78 is 11.1. The molecule has 0 fully saturated rings. The van der Waals surface area contributed by atoms with Crippen LogP contribution in [0, 0.1) is 31.1 Å². The summed E-state index contributed by atoms with van der Waals surface area (Å²) in [5.74, 6) is -2.36. The summed E-state index contributed by atoms with van der Waals surface area (Å²) in [6.45, 7) is 17.1. The maximum absolute atomic E-state index is 14.3. The second kappa shape index (κ2) is 15.6. The van der Waals surface area contributed by atoms with Crippen LogP contribution in [0.1, 0.15) is 83.7 Å². The molecule has 2 aromatic carbocycles. The number of nitriles is 1. The molecule has 0 aliphatic rings. The first-order valence-corrected chi connectivity index (χ1v) is 15.1. The Balaban J connectivity index is 2.62. The number of amides is 3. The molecule has 0 bridgehead atoms. The van der Waals surface area contributed by atoms with E-state index in [-0.39, 0.29) is 6.42 Å². The van der Waals surface area contributed by atoms with Crippen LogP contribution in [0.15, 0.2) is 48.5 Å². The third kappa shape index (κ3) is 11.6. The molecule has 0 aliphatic carbocycles. The first-order valence-electron chi connectivity index (χ1n) is 15.1. The van der Waals surface area contributed by atoms with E-state index in [9.17, 15) is 24.4 Å².